The van der Waals surface area contributed by atoms with E-state index in [1.807, 2.05) is 30.3 Å². The number of pyridine rings is 1. The molecule has 2 aromatic carbocycles. The van der Waals surface area contributed by atoms with Crippen LogP contribution >= 0.6 is 0 Å². The first-order valence-corrected chi connectivity index (χ1v) is 16.5. The van der Waals surface area contributed by atoms with E-state index in [1.54, 1.807) is 24.4 Å². The Kier molecular flexibility index (Phi) is 15.7. The van der Waals surface area contributed by atoms with Crippen molar-refractivity contribution in [3.63, 3.8) is 0 Å². The van der Waals surface area contributed by atoms with Crippen molar-refractivity contribution in [1.29, 1.82) is 0 Å². The van der Waals surface area contributed by atoms with Crippen LogP contribution in [0.3, 0.4) is 0 Å². The molecule has 228 valence electrons. The number of fused-ring (bicyclic) bond motifs is 1. The fourth-order valence-electron chi connectivity index (χ4n) is 5.26. The summed E-state index contributed by atoms with van der Waals surface area (Å²) < 4.78 is 11.6. The number of carbonyl (C=O) groups excluding carboxylic acids is 2. The third-order valence-corrected chi connectivity index (χ3v) is 7.82. The van der Waals surface area contributed by atoms with Crippen LogP contribution in [-0.2, 0) is 0 Å². The maximum absolute atomic E-state index is 13.0. The van der Waals surface area contributed by atoms with Crippen LogP contribution in [0.1, 0.15) is 144 Å². The van der Waals surface area contributed by atoms with Crippen LogP contribution in [-0.4, -0.2) is 23.3 Å². The lowest BCUT2D eigenvalue weighted by atomic mass is 10.00. The molecular formula is C37H51NO4. The summed E-state index contributed by atoms with van der Waals surface area (Å²) >= 11 is 0. The van der Waals surface area contributed by atoms with Crippen molar-refractivity contribution in [3.05, 3.63) is 66.0 Å². The highest BCUT2D eigenvalue weighted by molar-refractivity contribution is 6.00. The number of unbranched alkanes of at least 4 members (excludes halogenated alkanes) is 14. The summed E-state index contributed by atoms with van der Waals surface area (Å²) in [5.41, 5.74) is 0.918. The fraction of sp³-hybridized carbons (Fsp3) is 0.541. The zero-order valence-corrected chi connectivity index (χ0v) is 26.0. The zero-order valence-electron chi connectivity index (χ0n) is 26.0. The monoisotopic (exact) mass is 573 g/mol. The number of ether oxygens (including phenoxy) is 2. The van der Waals surface area contributed by atoms with Crippen molar-refractivity contribution in [2.24, 2.45) is 0 Å². The second-order valence-corrected chi connectivity index (χ2v) is 11.4. The lowest BCUT2D eigenvalue weighted by Gasteiger charge is -2.11. The van der Waals surface area contributed by atoms with Gasteiger partial charge >= 0.3 is 5.97 Å². The van der Waals surface area contributed by atoms with E-state index >= 15 is 0 Å². The van der Waals surface area contributed by atoms with Gasteiger partial charge in [-0.15, -0.1) is 0 Å². The highest BCUT2D eigenvalue weighted by atomic mass is 16.5. The summed E-state index contributed by atoms with van der Waals surface area (Å²) in [7, 11) is 0. The van der Waals surface area contributed by atoms with Crippen molar-refractivity contribution in [3.8, 4) is 11.5 Å². The van der Waals surface area contributed by atoms with Gasteiger partial charge in [-0.25, -0.2) is 9.78 Å². The molecule has 0 fully saturated rings. The normalized spacial score (nSPS) is 11.1. The van der Waals surface area contributed by atoms with Crippen LogP contribution in [0.15, 0.2) is 54.7 Å². The van der Waals surface area contributed by atoms with Gasteiger partial charge in [-0.2, -0.15) is 0 Å². The lowest BCUT2D eigenvalue weighted by molar-refractivity contribution is 0.0723. The van der Waals surface area contributed by atoms with Gasteiger partial charge in [0.15, 0.2) is 17.2 Å². The predicted molar refractivity (Wildman–Crippen MR) is 173 cm³/mol. The average Bonchev–Trinajstić information content (AvgIpc) is 3.01. The van der Waals surface area contributed by atoms with Crippen LogP contribution in [0.4, 0.5) is 0 Å². The van der Waals surface area contributed by atoms with Gasteiger partial charge in [-0.3, -0.25) is 4.79 Å². The number of hydrogen-bond donors (Lipinski definition) is 0. The Morgan fingerprint density at radius 2 is 1.26 bits per heavy atom. The minimum atomic E-state index is -0.543. The molecule has 0 radical (unpaired) electrons. The second-order valence-electron chi connectivity index (χ2n) is 11.4. The van der Waals surface area contributed by atoms with Crippen molar-refractivity contribution in [2.45, 2.75) is 123 Å². The van der Waals surface area contributed by atoms with Crippen molar-refractivity contribution >= 4 is 22.5 Å². The van der Waals surface area contributed by atoms with E-state index in [-0.39, 0.29) is 11.5 Å². The molecule has 3 rings (SSSR count). The van der Waals surface area contributed by atoms with Gasteiger partial charge in [0.1, 0.15) is 5.75 Å². The topological polar surface area (TPSA) is 65.5 Å². The first kappa shape index (κ1) is 33.3. The van der Waals surface area contributed by atoms with E-state index in [0.29, 0.717) is 24.5 Å². The fourth-order valence-corrected chi connectivity index (χ4v) is 5.26. The summed E-state index contributed by atoms with van der Waals surface area (Å²) in [6.45, 7) is 5.02. The Labute approximate surface area is 253 Å². The Hall–Kier alpha value is -3.21. The molecule has 5 heteroatoms. The minimum Gasteiger partial charge on any atom is -0.491 e. The van der Waals surface area contributed by atoms with Gasteiger partial charge in [0, 0.05) is 18.2 Å². The van der Waals surface area contributed by atoms with E-state index < -0.39 is 5.97 Å². The minimum absolute atomic E-state index is 0.180. The third-order valence-electron chi connectivity index (χ3n) is 7.82. The molecule has 42 heavy (non-hydrogen) atoms. The Morgan fingerprint density at radius 3 is 1.95 bits per heavy atom. The number of benzene rings is 2. The SMILES string of the molecule is CCCCCCCCCCOc1cccnc1C(=O)Oc1ccc2cc(C(=O)CCCCCCCCCC)ccc2c1. The third kappa shape index (κ3) is 12.0. The number of carbonyl (C=O) groups is 2. The van der Waals surface area contributed by atoms with Crippen molar-refractivity contribution < 1.29 is 19.1 Å². The first-order chi connectivity index (χ1) is 20.6. The molecule has 1 aromatic heterocycles. The molecule has 0 saturated carbocycles. The lowest BCUT2D eigenvalue weighted by Crippen LogP contribution is -2.13. The largest absolute Gasteiger partial charge is 0.491 e. The van der Waals surface area contributed by atoms with Gasteiger partial charge in [-0.05, 0) is 53.9 Å². The molecule has 5 nitrogen and oxygen atoms in total. The highest BCUT2D eigenvalue weighted by Crippen LogP contribution is 2.25. The van der Waals surface area contributed by atoms with E-state index in [4.69, 9.17) is 9.47 Å². The predicted octanol–water partition coefficient (Wildman–Crippen LogP) is 10.7. The second kappa shape index (κ2) is 19.8. The zero-order chi connectivity index (χ0) is 29.8. The molecule has 0 unspecified atom stereocenters. The molecular weight excluding hydrogens is 522 g/mol. The quantitative estimate of drug-likeness (QED) is 0.0517. The van der Waals surface area contributed by atoms with Crippen LogP contribution < -0.4 is 9.47 Å². The number of rotatable bonds is 22. The van der Waals surface area contributed by atoms with Crippen molar-refractivity contribution in [2.75, 3.05) is 6.61 Å². The van der Waals surface area contributed by atoms with Crippen LogP contribution in [0.5, 0.6) is 11.5 Å². The molecule has 0 bridgehead atoms. The molecule has 0 N–H and O–H groups in total. The van der Waals surface area contributed by atoms with Crippen LogP contribution in [0, 0.1) is 0 Å². The van der Waals surface area contributed by atoms with E-state index in [1.165, 1.54) is 77.0 Å². The first-order valence-electron chi connectivity index (χ1n) is 16.5. The smallest absolute Gasteiger partial charge is 0.366 e. The molecule has 0 atom stereocenters. The molecule has 0 saturated heterocycles. The Bertz CT molecular complexity index is 1220. The van der Waals surface area contributed by atoms with E-state index in [9.17, 15) is 9.59 Å². The summed E-state index contributed by atoms with van der Waals surface area (Å²) in [6.07, 6.45) is 21.7. The van der Waals surface area contributed by atoms with E-state index in [2.05, 4.69) is 18.8 Å². The Morgan fingerprint density at radius 1 is 0.667 bits per heavy atom. The highest BCUT2D eigenvalue weighted by Gasteiger charge is 2.17. The van der Waals surface area contributed by atoms with Crippen LogP contribution in [0.25, 0.3) is 10.8 Å². The summed E-state index contributed by atoms with van der Waals surface area (Å²) in [5, 5.41) is 1.86. The van der Waals surface area contributed by atoms with Gasteiger partial charge in [0.2, 0.25) is 0 Å². The average molecular weight is 574 g/mol. The summed E-state index contributed by atoms with van der Waals surface area (Å²) in [4.78, 5) is 30.0. The molecule has 3 aromatic rings. The standard InChI is InChI=1S/C37H51NO4/c1-3-5-7-9-11-13-15-17-20-34(39)32-23-22-31-29-33(25-24-30(31)28-32)42-37(40)36-35(21-19-26-38-36)41-27-18-16-14-12-10-8-6-4-2/h19,21-26,28-29H,3-18,20,27H2,1-2H3. The molecule has 0 aliphatic carbocycles. The number of aromatic nitrogens is 1. The molecule has 0 spiro atoms. The van der Waals surface area contributed by atoms with Crippen molar-refractivity contribution in [1.82, 2.24) is 4.98 Å². The maximum atomic E-state index is 13.0. The number of Topliss-reactive ketones (excluding diaryl/α,β-unsaturated/α-hetero) is 1. The van der Waals surface area contributed by atoms with Gasteiger partial charge in [0.05, 0.1) is 6.61 Å². The number of hydrogen-bond acceptors (Lipinski definition) is 5. The Balaban J connectivity index is 1.46. The number of esters is 1. The van der Waals surface area contributed by atoms with E-state index in [0.717, 1.165) is 42.0 Å². The van der Waals surface area contributed by atoms with Gasteiger partial charge < -0.3 is 9.47 Å². The number of ketones is 1. The molecule has 0 aliphatic rings. The van der Waals surface area contributed by atoms with Gasteiger partial charge in [-0.1, -0.05) is 122 Å². The molecule has 1 heterocycles. The molecule has 0 aliphatic heterocycles. The molecule has 0 amide bonds. The van der Waals surface area contributed by atoms with Crippen LogP contribution in [0.2, 0.25) is 0 Å². The van der Waals surface area contributed by atoms with Gasteiger partial charge in [0.25, 0.3) is 0 Å². The summed E-state index contributed by atoms with van der Waals surface area (Å²) in [6, 6.07) is 14.7. The summed E-state index contributed by atoms with van der Waals surface area (Å²) in [5.74, 6) is 0.530. The number of nitrogens with zero attached hydrogens (tertiary/aromatic N) is 1. The maximum Gasteiger partial charge on any atom is 0.366 e.